The Morgan fingerprint density at radius 3 is 2.64 bits per heavy atom. The average Bonchev–Trinajstić information content (AvgIpc) is 1.85. The van der Waals surface area contributed by atoms with Gasteiger partial charge in [-0.15, -0.1) is 0 Å². The topological polar surface area (TPSA) is 29.5 Å². The molecule has 3 heteroatoms. The monoisotopic (exact) mass is 271 g/mol. The summed E-state index contributed by atoms with van der Waals surface area (Å²) in [6.07, 6.45) is 1.40. The zero-order chi connectivity index (χ0) is 8.43. The molecule has 1 heterocycles. The Labute approximate surface area is 78.6 Å². The number of hydrogen-bond acceptors (Lipinski definition) is 2. The van der Waals surface area contributed by atoms with Gasteiger partial charge in [0.15, 0.2) is 0 Å². The Balaban J connectivity index is 2.43. The van der Waals surface area contributed by atoms with E-state index in [-0.39, 0.29) is 27.3 Å². The predicted octanol–water partition coefficient (Wildman–Crippen LogP) is -1.82. The molecule has 0 amide bonds. The van der Waals surface area contributed by atoms with Crippen LogP contribution in [0, 0.1) is 5.92 Å². The summed E-state index contributed by atoms with van der Waals surface area (Å²) < 4.78 is 5.60. The predicted molar refractivity (Wildman–Crippen MR) is 39.8 cm³/mol. The van der Waals surface area contributed by atoms with Gasteiger partial charge in [-0.25, -0.2) is 0 Å². The second-order valence-corrected chi connectivity index (χ2v) is 6.75. The molecule has 3 atom stereocenters. The summed E-state index contributed by atoms with van der Waals surface area (Å²) >= 11 is -0.148. The molecule has 1 aliphatic rings. The number of ether oxygens (including phenoxy) is 1. The Bertz CT molecular complexity index is 117. The second kappa shape index (κ2) is 4.05. The van der Waals surface area contributed by atoms with E-state index in [0.29, 0.717) is 5.92 Å². The number of rotatable bonds is 1. The van der Waals surface area contributed by atoms with E-state index < -0.39 is 4.30 Å². The molecule has 1 saturated heterocycles. The van der Waals surface area contributed by atoms with Crippen molar-refractivity contribution in [3.63, 3.8) is 0 Å². The molecule has 0 aliphatic carbocycles. The molecule has 1 aliphatic heterocycles. The molecular weight excluding hydrogens is 255 g/mol. The van der Waals surface area contributed by atoms with E-state index in [4.69, 9.17) is 4.74 Å². The summed E-state index contributed by atoms with van der Waals surface area (Å²) in [4.78, 5) is 0. The molecule has 2 unspecified atom stereocenters. The molecule has 1 N–H and O–H groups in total. The van der Waals surface area contributed by atoms with Crippen molar-refractivity contribution >= 4 is 0 Å². The second-order valence-electron chi connectivity index (χ2n) is 3.36. The van der Waals surface area contributed by atoms with E-state index in [0.717, 1.165) is 10.3 Å². The van der Waals surface area contributed by atoms with Crippen LogP contribution in [-0.2, 0) is 4.74 Å². The summed E-state index contributed by atoms with van der Waals surface area (Å²) in [6, 6.07) is 0. The van der Waals surface area contributed by atoms with Gasteiger partial charge in [0.1, 0.15) is 0 Å². The van der Waals surface area contributed by atoms with Crippen LogP contribution in [0.2, 0.25) is 0 Å². The van der Waals surface area contributed by atoms with Crippen LogP contribution in [0.1, 0.15) is 27.2 Å². The molecule has 2 nitrogen and oxygen atoms in total. The molecule has 0 aromatic rings. The molecule has 1 fully saturated rings. The van der Waals surface area contributed by atoms with E-state index in [1.807, 2.05) is 6.92 Å². The van der Waals surface area contributed by atoms with Gasteiger partial charge in [0.25, 0.3) is 0 Å². The first-order valence-corrected chi connectivity index (χ1v) is 6.54. The number of aliphatic hydroxyl groups is 1. The van der Waals surface area contributed by atoms with Crippen molar-refractivity contribution in [2.45, 2.75) is 41.5 Å². The zero-order valence-corrected chi connectivity index (χ0v) is 9.41. The SMILES string of the molecule is CC1C[C@H](C(C)C)[I-]C(O)O1. The van der Waals surface area contributed by atoms with E-state index >= 15 is 0 Å². The average molecular weight is 271 g/mol. The molecule has 0 radical (unpaired) electrons. The van der Waals surface area contributed by atoms with Gasteiger partial charge in [-0.2, -0.15) is 0 Å². The van der Waals surface area contributed by atoms with E-state index in [1.165, 1.54) is 0 Å². The summed E-state index contributed by atoms with van der Waals surface area (Å²) in [6.45, 7) is 6.51. The summed E-state index contributed by atoms with van der Waals surface area (Å²) in [5.41, 5.74) is 0. The molecular formula is C8H16IO2-. The van der Waals surface area contributed by atoms with Crippen molar-refractivity contribution in [1.82, 2.24) is 0 Å². The zero-order valence-electron chi connectivity index (χ0n) is 7.25. The van der Waals surface area contributed by atoms with Crippen molar-refractivity contribution in [2.24, 2.45) is 5.92 Å². The molecule has 0 saturated carbocycles. The van der Waals surface area contributed by atoms with E-state index in [9.17, 15) is 5.11 Å². The minimum absolute atomic E-state index is 0.148. The summed E-state index contributed by atoms with van der Waals surface area (Å²) in [7, 11) is 0. The molecule has 0 aromatic heterocycles. The Kier molecular flexibility index (Phi) is 3.58. The van der Waals surface area contributed by atoms with Crippen LogP contribution in [-0.4, -0.2) is 19.4 Å². The third kappa shape index (κ3) is 2.87. The van der Waals surface area contributed by atoms with Crippen LogP contribution in [0.15, 0.2) is 0 Å². The van der Waals surface area contributed by atoms with Crippen molar-refractivity contribution in [3.8, 4) is 0 Å². The van der Waals surface area contributed by atoms with Crippen molar-refractivity contribution in [2.75, 3.05) is 0 Å². The molecule has 0 spiro atoms. The van der Waals surface area contributed by atoms with Crippen molar-refractivity contribution in [1.29, 1.82) is 0 Å². The third-order valence-electron chi connectivity index (χ3n) is 1.89. The van der Waals surface area contributed by atoms with Crippen molar-refractivity contribution in [3.05, 3.63) is 0 Å². The van der Waals surface area contributed by atoms with Gasteiger partial charge in [0.05, 0.1) is 0 Å². The van der Waals surface area contributed by atoms with Gasteiger partial charge >= 0.3 is 78.5 Å². The van der Waals surface area contributed by atoms with Crippen LogP contribution in [0.25, 0.3) is 0 Å². The maximum atomic E-state index is 9.33. The van der Waals surface area contributed by atoms with Gasteiger partial charge in [0, 0.05) is 0 Å². The number of hydrogen-bond donors (Lipinski definition) is 1. The Hall–Kier alpha value is 0.650. The number of aliphatic hydroxyl groups excluding tert-OH is 1. The van der Waals surface area contributed by atoms with Gasteiger partial charge in [-0.3, -0.25) is 0 Å². The number of halogens is 1. The van der Waals surface area contributed by atoms with Crippen molar-refractivity contribution < 1.29 is 31.0 Å². The normalized spacial score (nSPS) is 40.3. The van der Waals surface area contributed by atoms with E-state index in [2.05, 4.69) is 13.8 Å². The fourth-order valence-corrected chi connectivity index (χ4v) is 4.50. The Morgan fingerprint density at radius 2 is 2.18 bits per heavy atom. The Morgan fingerprint density at radius 1 is 1.55 bits per heavy atom. The van der Waals surface area contributed by atoms with Gasteiger partial charge in [0.2, 0.25) is 0 Å². The van der Waals surface area contributed by atoms with E-state index in [1.54, 1.807) is 0 Å². The van der Waals surface area contributed by atoms with Gasteiger partial charge in [-0.1, -0.05) is 0 Å². The molecule has 0 aromatic carbocycles. The van der Waals surface area contributed by atoms with Crippen LogP contribution in [0.4, 0.5) is 0 Å². The molecule has 0 bridgehead atoms. The van der Waals surface area contributed by atoms with Gasteiger partial charge < -0.3 is 0 Å². The molecule has 68 valence electrons. The van der Waals surface area contributed by atoms with Crippen LogP contribution in [0.3, 0.4) is 0 Å². The minimum atomic E-state index is -0.412. The number of alkyl halides is 2. The first kappa shape index (κ1) is 9.74. The first-order valence-electron chi connectivity index (χ1n) is 4.05. The maximum absolute atomic E-state index is 9.33. The fourth-order valence-electron chi connectivity index (χ4n) is 1.20. The third-order valence-corrected chi connectivity index (χ3v) is 5.67. The summed E-state index contributed by atoms with van der Waals surface area (Å²) in [5, 5.41) is 9.33. The van der Waals surface area contributed by atoms with Crippen LogP contribution < -0.4 is 21.2 Å². The standard InChI is InChI=1S/C8H16IO2/c1-5(2)7-4-6(3)11-8(10)9-7/h5-8,10H,4H2,1-3H3/q-1/t6?,7-,8?/m1/s1. The summed E-state index contributed by atoms with van der Waals surface area (Å²) in [5.74, 6) is 0.712. The first-order chi connectivity index (χ1) is 5.09. The van der Waals surface area contributed by atoms with Crippen LogP contribution >= 0.6 is 0 Å². The molecule has 1 rings (SSSR count). The quantitative estimate of drug-likeness (QED) is 0.450. The fraction of sp³-hybridized carbons (Fsp3) is 1.00. The van der Waals surface area contributed by atoms with Crippen LogP contribution in [0.5, 0.6) is 0 Å². The van der Waals surface area contributed by atoms with Gasteiger partial charge in [-0.05, 0) is 0 Å². The molecule has 11 heavy (non-hydrogen) atoms.